The van der Waals surface area contributed by atoms with Gasteiger partial charge in [0.2, 0.25) is 6.10 Å². The van der Waals surface area contributed by atoms with Crippen LogP contribution in [0.5, 0.6) is 0 Å². The maximum absolute atomic E-state index is 8.87. The summed E-state index contributed by atoms with van der Waals surface area (Å²) in [4.78, 5) is 0. The first-order valence-corrected chi connectivity index (χ1v) is 4.25. The van der Waals surface area contributed by atoms with Crippen molar-refractivity contribution >= 4 is 0 Å². The molecule has 0 aliphatic rings. The maximum atomic E-state index is 8.87. The Labute approximate surface area is 83.0 Å². The molecule has 1 aromatic heterocycles. The molecule has 14 heavy (non-hydrogen) atoms. The van der Waals surface area contributed by atoms with Crippen LogP contribution < -0.4 is 0 Å². The Balaban J connectivity index is 2.71. The molecule has 4 heteroatoms. The third-order valence-corrected chi connectivity index (χ3v) is 1.81. The Kier molecular flexibility index (Phi) is 3.28. The Morgan fingerprint density at radius 3 is 2.71 bits per heavy atom. The van der Waals surface area contributed by atoms with Gasteiger partial charge < -0.3 is 13.9 Å². The van der Waals surface area contributed by atoms with Crippen molar-refractivity contribution in [2.45, 2.75) is 25.7 Å². The number of furan rings is 1. The van der Waals surface area contributed by atoms with E-state index in [1.165, 1.54) is 13.4 Å². The van der Waals surface area contributed by atoms with Crippen LogP contribution in [-0.2, 0) is 9.47 Å². The largest absolute Gasteiger partial charge is 0.465 e. The molecule has 0 saturated carbocycles. The van der Waals surface area contributed by atoms with Crippen molar-refractivity contribution in [3.05, 3.63) is 24.2 Å². The number of hydrogen-bond acceptors (Lipinski definition) is 4. The molecule has 0 N–H and O–H groups in total. The fourth-order valence-corrected chi connectivity index (χ4v) is 0.920. The fraction of sp³-hybridized carbons (Fsp3) is 0.500. The van der Waals surface area contributed by atoms with Crippen LogP contribution in [0.15, 0.2) is 22.8 Å². The smallest absolute Gasteiger partial charge is 0.204 e. The molecule has 0 radical (unpaired) electrons. The Morgan fingerprint density at radius 2 is 2.29 bits per heavy atom. The highest BCUT2D eigenvalue weighted by Gasteiger charge is 2.25. The van der Waals surface area contributed by atoms with Gasteiger partial charge in [-0.3, -0.25) is 0 Å². The van der Waals surface area contributed by atoms with Crippen LogP contribution in [0.4, 0.5) is 0 Å². The summed E-state index contributed by atoms with van der Waals surface area (Å²) in [5.41, 5.74) is 0. The van der Waals surface area contributed by atoms with Gasteiger partial charge in [0.25, 0.3) is 0 Å². The first kappa shape index (κ1) is 10.8. The van der Waals surface area contributed by atoms with E-state index in [-0.39, 0.29) is 0 Å². The quantitative estimate of drug-likeness (QED) is 0.691. The van der Waals surface area contributed by atoms with Gasteiger partial charge in [-0.2, -0.15) is 5.26 Å². The predicted octanol–water partition coefficient (Wildman–Crippen LogP) is 2.24. The van der Waals surface area contributed by atoms with Gasteiger partial charge in [0.15, 0.2) is 5.79 Å². The van der Waals surface area contributed by atoms with Crippen LogP contribution in [0.2, 0.25) is 0 Å². The van der Waals surface area contributed by atoms with Gasteiger partial charge in [-0.05, 0) is 26.0 Å². The number of nitriles is 1. The van der Waals surface area contributed by atoms with Crippen molar-refractivity contribution in [3.8, 4) is 6.07 Å². The molecule has 0 bridgehead atoms. The standard InChI is InChI=1S/C10H13NO3/c1-10(2,12-3)14-9(7-11)8-5-4-6-13-8/h4-6,9H,1-3H3/t9-/m1/s1. The summed E-state index contributed by atoms with van der Waals surface area (Å²) < 4.78 is 15.5. The lowest BCUT2D eigenvalue weighted by atomic mass is 10.3. The molecule has 0 aliphatic heterocycles. The van der Waals surface area contributed by atoms with Crippen molar-refractivity contribution in [1.82, 2.24) is 0 Å². The zero-order valence-electron chi connectivity index (χ0n) is 8.48. The highest BCUT2D eigenvalue weighted by Crippen LogP contribution is 2.24. The second-order valence-electron chi connectivity index (χ2n) is 3.25. The first-order valence-electron chi connectivity index (χ1n) is 4.25. The normalized spacial score (nSPS) is 13.6. The molecule has 0 aliphatic carbocycles. The van der Waals surface area contributed by atoms with E-state index < -0.39 is 11.9 Å². The zero-order chi connectivity index (χ0) is 10.6. The van der Waals surface area contributed by atoms with Gasteiger partial charge in [-0.15, -0.1) is 0 Å². The van der Waals surface area contributed by atoms with Crippen LogP contribution in [0, 0.1) is 11.3 Å². The summed E-state index contributed by atoms with van der Waals surface area (Å²) in [7, 11) is 1.52. The third-order valence-electron chi connectivity index (χ3n) is 1.81. The molecule has 0 spiro atoms. The number of methoxy groups -OCH3 is 1. The molecule has 1 aromatic rings. The molecule has 4 nitrogen and oxygen atoms in total. The van der Waals surface area contributed by atoms with E-state index in [2.05, 4.69) is 0 Å². The Bertz CT molecular complexity index is 311. The minimum Gasteiger partial charge on any atom is -0.465 e. The number of rotatable bonds is 4. The summed E-state index contributed by atoms with van der Waals surface area (Å²) >= 11 is 0. The number of ether oxygens (including phenoxy) is 2. The number of hydrogen-bond donors (Lipinski definition) is 0. The third kappa shape index (κ3) is 2.59. The van der Waals surface area contributed by atoms with E-state index in [4.69, 9.17) is 19.2 Å². The van der Waals surface area contributed by atoms with Gasteiger partial charge in [-0.1, -0.05) is 0 Å². The Morgan fingerprint density at radius 1 is 1.57 bits per heavy atom. The molecule has 0 unspecified atom stereocenters. The second kappa shape index (κ2) is 4.27. The monoisotopic (exact) mass is 195 g/mol. The average Bonchev–Trinajstić information content (AvgIpc) is 2.67. The molecular formula is C10H13NO3. The van der Waals surface area contributed by atoms with Crippen molar-refractivity contribution in [2.24, 2.45) is 0 Å². The molecule has 1 heterocycles. The predicted molar refractivity (Wildman–Crippen MR) is 49.2 cm³/mol. The van der Waals surface area contributed by atoms with Crippen molar-refractivity contribution in [1.29, 1.82) is 5.26 Å². The average molecular weight is 195 g/mol. The van der Waals surface area contributed by atoms with E-state index in [1.54, 1.807) is 26.0 Å². The summed E-state index contributed by atoms with van der Waals surface area (Å²) in [5.74, 6) is -0.315. The second-order valence-corrected chi connectivity index (χ2v) is 3.25. The van der Waals surface area contributed by atoms with Gasteiger partial charge in [0, 0.05) is 7.11 Å². The van der Waals surface area contributed by atoms with Gasteiger partial charge in [0.1, 0.15) is 11.8 Å². The van der Waals surface area contributed by atoms with E-state index in [0.29, 0.717) is 5.76 Å². The van der Waals surface area contributed by atoms with Gasteiger partial charge in [-0.25, -0.2) is 0 Å². The van der Waals surface area contributed by atoms with Gasteiger partial charge >= 0.3 is 0 Å². The van der Waals surface area contributed by atoms with E-state index in [1.807, 2.05) is 6.07 Å². The van der Waals surface area contributed by atoms with Crippen LogP contribution in [0.3, 0.4) is 0 Å². The summed E-state index contributed by atoms with van der Waals surface area (Å²) in [5, 5.41) is 8.87. The topological polar surface area (TPSA) is 55.4 Å². The van der Waals surface area contributed by atoms with E-state index in [0.717, 1.165) is 0 Å². The summed E-state index contributed by atoms with van der Waals surface area (Å²) in [6.45, 7) is 3.47. The van der Waals surface area contributed by atoms with Crippen molar-refractivity contribution in [2.75, 3.05) is 7.11 Å². The summed E-state index contributed by atoms with van der Waals surface area (Å²) in [6, 6.07) is 5.40. The van der Waals surface area contributed by atoms with Gasteiger partial charge in [0.05, 0.1) is 6.26 Å². The first-order chi connectivity index (χ1) is 6.59. The summed E-state index contributed by atoms with van der Waals surface area (Å²) in [6.07, 6.45) is 0.767. The minimum atomic E-state index is -0.798. The molecule has 0 amide bonds. The molecule has 0 aromatic carbocycles. The zero-order valence-corrected chi connectivity index (χ0v) is 8.48. The molecule has 1 rings (SSSR count). The minimum absolute atomic E-state index is 0.484. The van der Waals surface area contributed by atoms with E-state index in [9.17, 15) is 0 Å². The molecule has 0 saturated heterocycles. The van der Waals surface area contributed by atoms with Crippen LogP contribution >= 0.6 is 0 Å². The lowest BCUT2D eigenvalue weighted by Gasteiger charge is -2.25. The van der Waals surface area contributed by atoms with Crippen LogP contribution in [-0.4, -0.2) is 12.9 Å². The van der Waals surface area contributed by atoms with Crippen molar-refractivity contribution in [3.63, 3.8) is 0 Å². The van der Waals surface area contributed by atoms with E-state index >= 15 is 0 Å². The highest BCUT2D eigenvalue weighted by molar-refractivity contribution is 5.09. The number of nitrogens with zero attached hydrogens (tertiary/aromatic N) is 1. The SMILES string of the molecule is COC(C)(C)O[C@H](C#N)c1ccco1. The maximum Gasteiger partial charge on any atom is 0.204 e. The highest BCUT2D eigenvalue weighted by atomic mass is 16.7. The lowest BCUT2D eigenvalue weighted by molar-refractivity contribution is -0.216. The fourth-order valence-electron chi connectivity index (χ4n) is 0.920. The molecule has 1 atom stereocenters. The lowest BCUT2D eigenvalue weighted by Crippen LogP contribution is -2.28. The van der Waals surface area contributed by atoms with Crippen LogP contribution in [0.25, 0.3) is 0 Å². The molecular weight excluding hydrogens is 182 g/mol. The van der Waals surface area contributed by atoms with Crippen molar-refractivity contribution < 1.29 is 13.9 Å². The van der Waals surface area contributed by atoms with Crippen LogP contribution in [0.1, 0.15) is 25.7 Å². The molecule has 0 fully saturated rings. The molecule has 76 valence electrons. The Hall–Kier alpha value is -1.31.